The van der Waals surface area contributed by atoms with Gasteiger partial charge in [0.1, 0.15) is 18.4 Å². The van der Waals surface area contributed by atoms with Crippen molar-refractivity contribution < 1.29 is 14.6 Å². The van der Waals surface area contributed by atoms with Gasteiger partial charge in [0.15, 0.2) is 0 Å². The molecule has 0 aromatic heterocycles. The Balaban J connectivity index is 2.08. The number of rotatable bonds is 8. The van der Waals surface area contributed by atoms with Gasteiger partial charge >= 0.3 is 5.97 Å². The summed E-state index contributed by atoms with van der Waals surface area (Å²) in [5, 5.41) is 12.4. The third-order valence-corrected chi connectivity index (χ3v) is 4.48. The second kappa shape index (κ2) is 9.02. The van der Waals surface area contributed by atoms with Gasteiger partial charge in [0.05, 0.1) is 0 Å². The van der Waals surface area contributed by atoms with E-state index in [1.54, 1.807) is 0 Å². The Labute approximate surface area is 157 Å². The standard InChI is InChI=1S/C20H24BrNO3/c1-13(2)19(20(23)24)22-11-16-10-17(21)8-9-18(16)25-12-15-6-4-14(3)5-7-15/h4-10,13,19,22H,11-12H2,1-3H3,(H,23,24). The highest BCUT2D eigenvalue weighted by Crippen LogP contribution is 2.24. The fourth-order valence-electron chi connectivity index (χ4n) is 2.50. The number of hydrogen-bond donors (Lipinski definition) is 2. The van der Waals surface area contributed by atoms with Gasteiger partial charge in [-0.2, -0.15) is 0 Å². The van der Waals surface area contributed by atoms with Crippen LogP contribution >= 0.6 is 15.9 Å². The highest BCUT2D eigenvalue weighted by Gasteiger charge is 2.21. The molecule has 0 bridgehead atoms. The summed E-state index contributed by atoms with van der Waals surface area (Å²) in [6, 6.07) is 13.4. The van der Waals surface area contributed by atoms with Gasteiger partial charge < -0.3 is 9.84 Å². The van der Waals surface area contributed by atoms with Crippen molar-refractivity contribution in [2.45, 2.75) is 40.0 Å². The number of benzene rings is 2. The van der Waals surface area contributed by atoms with E-state index in [4.69, 9.17) is 4.74 Å². The van der Waals surface area contributed by atoms with Crippen molar-refractivity contribution in [3.05, 3.63) is 63.6 Å². The molecule has 0 spiro atoms. The summed E-state index contributed by atoms with van der Waals surface area (Å²) in [5.41, 5.74) is 3.23. The van der Waals surface area contributed by atoms with Crippen LogP contribution in [-0.2, 0) is 17.9 Å². The molecule has 2 rings (SSSR count). The average molecular weight is 406 g/mol. The average Bonchev–Trinajstić information content (AvgIpc) is 2.55. The highest BCUT2D eigenvalue weighted by molar-refractivity contribution is 9.10. The number of carboxylic acids is 1. The molecule has 0 aliphatic rings. The molecule has 0 aliphatic heterocycles. The fourth-order valence-corrected chi connectivity index (χ4v) is 2.91. The van der Waals surface area contributed by atoms with Gasteiger partial charge in [-0.25, -0.2) is 0 Å². The van der Waals surface area contributed by atoms with Crippen molar-refractivity contribution in [3.63, 3.8) is 0 Å². The number of aliphatic carboxylic acids is 1. The van der Waals surface area contributed by atoms with Crippen LogP contribution in [0.15, 0.2) is 46.9 Å². The lowest BCUT2D eigenvalue weighted by Gasteiger charge is -2.19. The zero-order chi connectivity index (χ0) is 18.4. The van der Waals surface area contributed by atoms with Crippen LogP contribution in [0.25, 0.3) is 0 Å². The first-order valence-electron chi connectivity index (χ1n) is 8.29. The van der Waals surface area contributed by atoms with Crippen LogP contribution in [0.3, 0.4) is 0 Å². The van der Waals surface area contributed by atoms with Crippen LogP contribution in [0.5, 0.6) is 5.75 Å². The second-order valence-corrected chi connectivity index (χ2v) is 7.38. The summed E-state index contributed by atoms with van der Waals surface area (Å²) >= 11 is 3.47. The number of carbonyl (C=O) groups is 1. The maximum atomic E-state index is 11.3. The minimum absolute atomic E-state index is 0.00146. The van der Waals surface area contributed by atoms with Crippen molar-refractivity contribution in [1.29, 1.82) is 0 Å². The van der Waals surface area contributed by atoms with Crippen molar-refractivity contribution in [2.24, 2.45) is 5.92 Å². The van der Waals surface area contributed by atoms with Crippen molar-refractivity contribution in [2.75, 3.05) is 0 Å². The number of carboxylic acid groups (broad SMARTS) is 1. The van der Waals surface area contributed by atoms with Gasteiger partial charge in [0, 0.05) is 16.6 Å². The molecule has 25 heavy (non-hydrogen) atoms. The van der Waals surface area contributed by atoms with Crippen molar-refractivity contribution >= 4 is 21.9 Å². The Bertz CT molecular complexity index is 713. The van der Waals surface area contributed by atoms with Gasteiger partial charge in [-0.05, 0) is 36.6 Å². The fraction of sp³-hybridized carbons (Fsp3) is 0.350. The van der Waals surface area contributed by atoms with E-state index < -0.39 is 12.0 Å². The normalized spacial score (nSPS) is 12.2. The van der Waals surface area contributed by atoms with Crippen LogP contribution in [0.4, 0.5) is 0 Å². The summed E-state index contributed by atoms with van der Waals surface area (Å²) < 4.78 is 6.90. The molecule has 5 heteroatoms. The Hall–Kier alpha value is -1.85. The Morgan fingerprint density at radius 3 is 2.48 bits per heavy atom. The zero-order valence-electron chi connectivity index (χ0n) is 14.8. The Morgan fingerprint density at radius 2 is 1.88 bits per heavy atom. The second-order valence-electron chi connectivity index (χ2n) is 6.47. The molecule has 2 aromatic carbocycles. The molecule has 1 atom stereocenters. The monoisotopic (exact) mass is 405 g/mol. The minimum atomic E-state index is -0.841. The van der Waals surface area contributed by atoms with E-state index in [0.717, 1.165) is 21.3 Å². The molecule has 0 heterocycles. The number of aryl methyl sites for hydroxylation is 1. The third-order valence-electron chi connectivity index (χ3n) is 3.98. The van der Waals surface area contributed by atoms with Gasteiger partial charge in [-0.3, -0.25) is 10.1 Å². The maximum Gasteiger partial charge on any atom is 0.320 e. The predicted octanol–water partition coefficient (Wildman–Crippen LogP) is 4.54. The predicted molar refractivity (Wildman–Crippen MR) is 103 cm³/mol. The molecule has 4 nitrogen and oxygen atoms in total. The topological polar surface area (TPSA) is 58.6 Å². The van der Waals surface area contributed by atoms with Crippen molar-refractivity contribution in [1.82, 2.24) is 5.32 Å². The summed E-state index contributed by atoms with van der Waals surface area (Å²) in [4.78, 5) is 11.3. The number of halogens is 1. The highest BCUT2D eigenvalue weighted by atomic mass is 79.9. The maximum absolute atomic E-state index is 11.3. The number of hydrogen-bond acceptors (Lipinski definition) is 3. The quantitative estimate of drug-likeness (QED) is 0.676. The first-order chi connectivity index (χ1) is 11.9. The van der Waals surface area contributed by atoms with E-state index in [2.05, 4.69) is 40.3 Å². The molecular weight excluding hydrogens is 382 g/mol. The minimum Gasteiger partial charge on any atom is -0.489 e. The molecule has 134 valence electrons. The summed E-state index contributed by atoms with van der Waals surface area (Å²) in [7, 11) is 0. The van der Waals surface area contributed by atoms with Crippen LogP contribution in [0.2, 0.25) is 0 Å². The lowest BCUT2D eigenvalue weighted by molar-refractivity contribution is -0.140. The summed E-state index contributed by atoms with van der Waals surface area (Å²) in [6.45, 7) is 6.74. The van der Waals surface area contributed by atoms with Gasteiger partial charge in [-0.1, -0.05) is 59.6 Å². The number of nitrogens with one attached hydrogen (secondary N) is 1. The molecule has 0 saturated heterocycles. The van der Waals surface area contributed by atoms with Crippen LogP contribution in [0, 0.1) is 12.8 Å². The molecule has 0 radical (unpaired) electrons. The molecule has 2 aromatic rings. The molecule has 0 saturated carbocycles. The van der Waals surface area contributed by atoms with Gasteiger partial charge in [0.2, 0.25) is 0 Å². The van der Waals surface area contributed by atoms with Crippen molar-refractivity contribution in [3.8, 4) is 5.75 Å². The van der Waals surface area contributed by atoms with E-state index in [1.807, 2.05) is 44.2 Å². The van der Waals surface area contributed by atoms with E-state index in [0.29, 0.717) is 13.2 Å². The van der Waals surface area contributed by atoms with Gasteiger partial charge in [0.25, 0.3) is 0 Å². The smallest absolute Gasteiger partial charge is 0.320 e. The summed E-state index contributed by atoms with van der Waals surface area (Å²) in [5.74, 6) is -0.0853. The van der Waals surface area contributed by atoms with Gasteiger partial charge in [-0.15, -0.1) is 0 Å². The first kappa shape index (κ1) is 19.5. The Morgan fingerprint density at radius 1 is 1.20 bits per heavy atom. The third kappa shape index (κ3) is 5.87. The first-order valence-corrected chi connectivity index (χ1v) is 9.09. The summed E-state index contributed by atoms with van der Waals surface area (Å²) in [6.07, 6.45) is 0. The SMILES string of the molecule is Cc1ccc(COc2ccc(Br)cc2CNC(C(=O)O)C(C)C)cc1. The van der Waals surface area contributed by atoms with E-state index in [-0.39, 0.29) is 5.92 Å². The molecule has 0 amide bonds. The van der Waals surface area contributed by atoms with Crippen LogP contribution in [0.1, 0.15) is 30.5 Å². The van der Waals surface area contributed by atoms with E-state index in [9.17, 15) is 9.90 Å². The zero-order valence-corrected chi connectivity index (χ0v) is 16.3. The number of ether oxygens (including phenoxy) is 1. The largest absolute Gasteiger partial charge is 0.489 e. The lowest BCUT2D eigenvalue weighted by atomic mass is 10.0. The van der Waals surface area contributed by atoms with E-state index in [1.165, 1.54) is 5.56 Å². The molecule has 0 aliphatic carbocycles. The lowest BCUT2D eigenvalue weighted by Crippen LogP contribution is -2.40. The molecule has 2 N–H and O–H groups in total. The molecule has 0 fully saturated rings. The van der Waals surface area contributed by atoms with Crippen LogP contribution < -0.4 is 10.1 Å². The van der Waals surface area contributed by atoms with Crippen LogP contribution in [-0.4, -0.2) is 17.1 Å². The van der Waals surface area contributed by atoms with E-state index >= 15 is 0 Å². The Kier molecular flexibility index (Phi) is 7.02. The molecule has 1 unspecified atom stereocenters. The molecular formula is C20H24BrNO3.